The minimum absolute atomic E-state index is 0.0221. The Morgan fingerprint density at radius 3 is 2.79 bits per heavy atom. The third-order valence-corrected chi connectivity index (χ3v) is 3.19. The van der Waals surface area contributed by atoms with Crippen molar-refractivity contribution in [2.24, 2.45) is 0 Å². The Morgan fingerprint density at radius 2 is 2.16 bits per heavy atom. The van der Waals surface area contributed by atoms with Gasteiger partial charge in [-0.05, 0) is 38.7 Å². The molecule has 0 saturated heterocycles. The normalized spacial score (nSPS) is 18.5. The van der Waals surface area contributed by atoms with E-state index in [4.69, 9.17) is 9.84 Å². The molecule has 1 aliphatic heterocycles. The van der Waals surface area contributed by atoms with Gasteiger partial charge in [0.15, 0.2) is 6.10 Å². The lowest BCUT2D eigenvalue weighted by Gasteiger charge is -2.33. The summed E-state index contributed by atoms with van der Waals surface area (Å²) in [6.07, 6.45) is -0.483. The van der Waals surface area contributed by atoms with Gasteiger partial charge in [-0.25, -0.2) is 0 Å². The van der Waals surface area contributed by atoms with E-state index in [2.05, 4.69) is 0 Å². The standard InChI is InChI=1S/C14H20N2O3/c1-10-14(18)16(7-6-15(2)3)12-5-4-11(9-17)8-13(12)19-10/h4-5,8,10,17H,6-7,9H2,1-3H3. The summed E-state index contributed by atoms with van der Waals surface area (Å²) in [7, 11) is 3.95. The molecule has 1 aromatic carbocycles. The van der Waals surface area contributed by atoms with Crippen molar-refractivity contribution in [2.45, 2.75) is 19.6 Å². The van der Waals surface area contributed by atoms with Gasteiger partial charge in [0.1, 0.15) is 5.75 Å². The summed E-state index contributed by atoms with van der Waals surface area (Å²) in [6.45, 7) is 3.14. The summed E-state index contributed by atoms with van der Waals surface area (Å²) in [4.78, 5) is 16.0. The third-order valence-electron chi connectivity index (χ3n) is 3.19. The number of ether oxygens (including phenoxy) is 1. The summed E-state index contributed by atoms with van der Waals surface area (Å²) in [5.74, 6) is 0.642. The monoisotopic (exact) mass is 264 g/mol. The Bertz CT molecular complexity index is 474. The van der Waals surface area contributed by atoms with Crippen molar-refractivity contribution in [1.82, 2.24) is 4.90 Å². The SMILES string of the molecule is CC1Oc2cc(CO)ccc2N(CCN(C)C)C1=O. The van der Waals surface area contributed by atoms with Gasteiger partial charge in [0.2, 0.25) is 0 Å². The highest BCUT2D eigenvalue weighted by molar-refractivity contribution is 5.99. The minimum Gasteiger partial charge on any atom is -0.479 e. The maximum absolute atomic E-state index is 12.2. The van der Waals surface area contributed by atoms with E-state index in [1.165, 1.54) is 0 Å². The zero-order valence-corrected chi connectivity index (χ0v) is 11.6. The van der Waals surface area contributed by atoms with Gasteiger partial charge in [-0.1, -0.05) is 6.07 Å². The molecule has 2 rings (SSSR count). The van der Waals surface area contributed by atoms with Gasteiger partial charge in [0.05, 0.1) is 12.3 Å². The van der Waals surface area contributed by atoms with Gasteiger partial charge in [-0.15, -0.1) is 0 Å². The first-order chi connectivity index (χ1) is 9.02. The number of hydrogen-bond acceptors (Lipinski definition) is 4. The fourth-order valence-corrected chi connectivity index (χ4v) is 2.08. The van der Waals surface area contributed by atoms with E-state index < -0.39 is 6.10 Å². The lowest BCUT2D eigenvalue weighted by Crippen LogP contribution is -2.46. The minimum atomic E-state index is -0.483. The molecule has 0 aliphatic carbocycles. The number of likely N-dealkylation sites (N-methyl/N-ethyl adjacent to an activating group) is 1. The van der Waals surface area contributed by atoms with Crippen molar-refractivity contribution in [1.29, 1.82) is 0 Å². The molecule has 0 aromatic heterocycles. The van der Waals surface area contributed by atoms with E-state index in [1.54, 1.807) is 17.9 Å². The van der Waals surface area contributed by atoms with Gasteiger partial charge in [0.25, 0.3) is 5.91 Å². The molecule has 1 amide bonds. The molecule has 1 aromatic rings. The number of amides is 1. The maximum Gasteiger partial charge on any atom is 0.267 e. The van der Waals surface area contributed by atoms with E-state index in [0.29, 0.717) is 12.3 Å². The Balaban J connectivity index is 2.30. The molecule has 1 unspecified atom stereocenters. The average molecular weight is 264 g/mol. The second kappa shape index (κ2) is 5.59. The smallest absolute Gasteiger partial charge is 0.267 e. The summed E-state index contributed by atoms with van der Waals surface area (Å²) in [5, 5.41) is 9.16. The van der Waals surface area contributed by atoms with E-state index in [-0.39, 0.29) is 12.5 Å². The summed E-state index contributed by atoms with van der Waals surface area (Å²) >= 11 is 0. The number of rotatable bonds is 4. The molecule has 5 heteroatoms. The first-order valence-electron chi connectivity index (χ1n) is 6.39. The largest absolute Gasteiger partial charge is 0.479 e. The molecule has 0 saturated carbocycles. The molecule has 1 N–H and O–H groups in total. The molecule has 1 heterocycles. The Hall–Kier alpha value is -1.59. The van der Waals surface area contributed by atoms with Crippen LogP contribution in [0.5, 0.6) is 5.75 Å². The molecule has 1 atom stereocenters. The van der Waals surface area contributed by atoms with Crippen LogP contribution in [0.25, 0.3) is 0 Å². The molecular formula is C14H20N2O3. The van der Waals surface area contributed by atoms with Crippen molar-refractivity contribution in [2.75, 3.05) is 32.1 Å². The highest BCUT2D eigenvalue weighted by Crippen LogP contribution is 2.34. The average Bonchev–Trinajstić information content (AvgIpc) is 2.38. The van der Waals surface area contributed by atoms with Crippen LogP contribution in [-0.4, -0.2) is 49.2 Å². The van der Waals surface area contributed by atoms with Crippen molar-refractivity contribution in [3.05, 3.63) is 23.8 Å². The number of hydrogen-bond donors (Lipinski definition) is 1. The third kappa shape index (κ3) is 2.88. The highest BCUT2D eigenvalue weighted by atomic mass is 16.5. The van der Waals surface area contributed by atoms with Crippen LogP contribution in [0.1, 0.15) is 12.5 Å². The number of benzene rings is 1. The molecule has 1 aliphatic rings. The fraction of sp³-hybridized carbons (Fsp3) is 0.500. The van der Waals surface area contributed by atoms with Gasteiger partial charge < -0.3 is 19.6 Å². The molecular weight excluding hydrogens is 244 g/mol. The van der Waals surface area contributed by atoms with Crippen LogP contribution in [0, 0.1) is 0 Å². The number of nitrogens with zero attached hydrogens (tertiary/aromatic N) is 2. The summed E-state index contributed by atoms with van der Waals surface area (Å²) in [5.41, 5.74) is 1.56. The van der Waals surface area contributed by atoms with Crippen LogP contribution in [0.15, 0.2) is 18.2 Å². The molecule has 19 heavy (non-hydrogen) atoms. The Morgan fingerprint density at radius 1 is 1.42 bits per heavy atom. The zero-order valence-electron chi connectivity index (χ0n) is 11.6. The van der Waals surface area contributed by atoms with E-state index in [9.17, 15) is 4.79 Å². The number of anilines is 1. The maximum atomic E-state index is 12.2. The van der Waals surface area contributed by atoms with Crippen molar-refractivity contribution < 1.29 is 14.6 Å². The number of carbonyl (C=O) groups excluding carboxylic acids is 1. The highest BCUT2D eigenvalue weighted by Gasteiger charge is 2.31. The lowest BCUT2D eigenvalue weighted by molar-refractivity contribution is -0.125. The molecule has 5 nitrogen and oxygen atoms in total. The van der Waals surface area contributed by atoms with Crippen LogP contribution in [-0.2, 0) is 11.4 Å². The second-order valence-electron chi connectivity index (χ2n) is 5.01. The predicted molar refractivity (Wildman–Crippen MR) is 73.4 cm³/mol. The Kier molecular flexibility index (Phi) is 4.07. The molecule has 0 radical (unpaired) electrons. The number of aliphatic hydroxyl groups excluding tert-OH is 1. The van der Waals surface area contributed by atoms with Crippen LogP contribution in [0.3, 0.4) is 0 Å². The topological polar surface area (TPSA) is 53.0 Å². The summed E-state index contributed by atoms with van der Waals surface area (Å²) < 4.78 is 5.61. The fourth-order valence-electron chi connectivity index (χ4n) is 2.08. The number of aliphatic hydroxyl groups is 1. The molecule has 0 bridgehead atoms. The van der Waals surface area contributed by atoms with Crippen molar-refractivity contribution >= 4 is 11.6 Å². The molecule has 0 spiro atoms. The van der Waals surface area contributed by atoms with E-state index in [0.717, 1.165) is 17.8 Å². The van der Waals surface area contributed by atoms with Crippen LogP contribution in [0.4, 0.5) is 5.69 Å². The van der Waals surface area contributed by atoms with Crippen LogP contribution < -0.4 is 9.64 Å². The first-order valence-corrected chi connectivity index (χ1v) is 6.39. The zero-order chi connectivity index (χ0) is 14.0. The van der Waals surface area contributed by atoms with Gasteiger partial charge in [-0.2, -0.15) is 0 Å². The van der Waals surface area contributed by atoms with E-state index >= 15 is 0 Å². The first kappa shape index (κ1) is 13.8. The van der Waals surface area contributed by atoms with E-state index in [1.807, 2.05) is 31.1 Å². The van der Waals surface area contributed by atoms with Crippen LogP contribution in [0.2, 0.25) is 0 Å². The van der Waals surface area contributed by atoms with Crippen LogP contribution >= 0.6 is 0 Å². The van der Waals surface area contributed by atoms with Gasteiger partial charge in [-0.3, -0.25) is 4.79 Å². The quantitative estimate of drug-likeness (QED) is 0.876. The molecule has 104 valence electrons. The lowest BCUT2D eigenvalue weighted by atomic mass is 10.1. The molecule has 0 fully saturated rings. The number of fused-ring (bicyclic) bond motifs is 1. The second-order valence-corrected chi connectivity index (χ2v) is 5.01. The predicted octanol–water partition coefficient (Wildman–Crippen LogP) is 0.854. The van der Waals surface area contributed by atoms with Crippen molar-refractivity contribution in [3.8, 4) is 5.75 Å². The van der Waals surface area contributed by atoms with Crippen molar-refractivity contribution in [3.63, 3.8) is 0 Å². The van der Waals surface area contributed by atoms with Gasteiger partial charge in [0, 0.05) is 13.1 Å². The summed E-state index contributed by atoms with van der Waals surface area (Å²) in [6, 6.07) is 5.44. The van der Waals surface area contributed by atoms with Gasteiger partial charge >= 0.3 is 0 Å². The Labute approximate surface area is 113 Å². The number of carbonyl (C=O) groups is 1.